The molecule has 0 radical (unpaired) electrons. The summed E-state index contributed by atoms with van der Waals surface area (Å²) < 4.78 is 6.34. The summed E-state index contributed by atoms with van der Waals surface area (Å²) in [5, 5.41) is 1.15. The Kier molecular flexibility index (Phi) is 6.25. The van der Waals surface area contributed by atoms with Crippen LogP contribution in [0.4, 0.5) is 0 Å². The number of hydrogen-bond donors (Lipinski definition) is 0. The topological polar surface area (TPSA) is 26.3 Å². The van der Waals surface area contributed by atoms with Crippen LogP contribution in [0, 0.1) is 0 Å². The van der Waals surface area contributed by atoms with Crippen LogP contribution in [0.3, 0.4) is 0 Å². The van der Waals surface area contributed by atoms with Crippen molar-refractivity contribution in [3.63, 3.8) is 0 Å². The molecule has 0 N–H and O–H groups in total. The fraction of sp³-hybridized carbons (Fsp3) is 0.211. The van der Waals surface area contributed by atoms with Crippen molar-refractivity contribution in [3.05, 3.63) is 59.0 Å². The molecule has 25 heavy (non-hydrogen) atoms. The predicted molar refractivity (Wildman–Crippen MR) is 115 cm³/mol. The molecule has 0 aliphatic rings. The summed E-state index contributed by atoms with van der Waals surface area (Å²) in [5.41, 5.74) is 1.03. The second-order valence-electron chi connectivity index (χ2n) is 5.40. The third kappa shape index (κ3) is 3.82. The minimum Gasteiger partial charge on any atom is -0.497 e. The standard InChI is InChI=1S/C19H16Br2O2S2/c1-23-12-9-7-11(8-10-12)15(20)16(21)17(22)19-18(24-2)13-5-3-4-6-14(13)25-19/h3-10,15-16H,1-2H3. The smallest absolute Gasteiger partial charge is 0.189 e. The van der Waals surface area contributed by atoms with Crippen molar-refractivity contribution in [2.24, 2.45) is 0 Å². The lowest BCUT2D eigenvalue weighted by Gasteiger charge is -2.16. The number of thioether (sulfide) groups is 1. The Balaban J connectivity index is 1.91. The van der Waals surface area contributed by atoms with Crippen LogP contribution in [0.1, 0.15) is 20.1 Å². The van der Waals surface area contributed by atoms with Crippen LogP contribution >= 0.6 is 55.0 Å². The van der Waals surface area contributed by atoms with E-state index in [1.807, 2.05) is 42.7 Å². The molecule has 130 valence electrons. The number of carbonyl (C=O) groups is 1. The molecule has 0 aliphatic heterocycles. The van der Waals surface area contributed by atoms with Crippen molar-refractivity contribution >= 4 is 70.8 Å². The molecule has 1 heterocycles. The van der Waals surface area contributed by atoms with Gasteiger partial charge in [-0.3, -0.25) is 4.79 Å². The van der Waals surface area contributed by atoms with E-state index in [0.717, 1.165) is 31.2 Å². The normalized spacial score (nSPS) is 13.6. The van der Waals surface area contributed by atoms with Crippen LogP contribution in [0.5, 0.6) is 5.75 Å². The first kappa shape index (κ1) is 19.0. The molecule has 3 aromatic rings. The van der Waals surface area contributed by atoms with E-state index in [1.165, 1.54) is 0 Å². The highest BCUT2D eigenvalue weighted by atomic mass is 79.9. The Bertz CT molecular complexity index is 890. The van der Waals surface area contributed by atoms with Gasteiger partial charge in [-0.15, -0.1) is 23.1 Å². The third-order valence-electron chi connectivity index (χ3n) is 3.92. The summed E-state index contributed by atoms with van der Waals surface area (Å²) in [6.07, 6.45) is 2.02. The Morgan fingerprint density at radius 1 is 1.12 bits per heavy atom. The van der Waals surface area contributed by atoms with Crippen LogP contribution in [-0.2, 0) is 0 Å². The maximum absolute atomic E-state index is 13.1. The quantitative estimate of drug-likeness (QED) is 0.214. The van der Waals surface area contributed by atoms with E-state index in [-0.39, 0.29) is 15.4 Å². The number of Topliss-reactive ketones (excluding diaryl/α,β-unsaturated/α-hetero) is 1. The van der Waals surface area contributed by atoms with Gasteiger partial charge in [-0.05, 0) is 30.0 Å². The van der Waals surface area contributed by atoms with E-state index in [1.54, 1.807) is 30.2 Å². The zero-order valence-corrected chi connectivity index (χ0v) is 18.5. The van der Waals surface area contributed by atoms with E-state index in [4.69, 9.17) is 4.74 Å². The van der Waals surface area contributed by atoms with Crippen LogP contribution < -0.4 is 4.74 Å². The van der Waals surface area contributed by atoms with Gasteiger partial charge in [-0.25, -0.2) is 0 Å². The van der Waals surface area contributed by atoms with Crippen molar-refractivity contribution in [1.82, 2.24) is 0 Å². The summed E-state index contributed by atoms with van der Waals surface area (Å²) in [7, 11) is 1.64. The highest BCUT2D eigenvalue weighted by molar-refractivity contribution is 9.12. The molecular formula is C19H16Br2O2S2. The Hall–Kier alpha value is -0.820. The monoisotopic (exact) mass is 498 g/mol. The average Bonchev–Trinajstić information content (AvgIpc) is 3.04. The fourth-order valence-electron chi connectivity index (χ4n) is 2.60. The molecule has 2 unspecified atom stereocenters. The van der Waals surface area contributed by atoms with Gasteiger partial charge in [0.25, 0.3) is 0 Å². The molecule has 1 aromatic heterocycles. The van der Waals surface area contributed by atoms with Gasteiger partial charge in [0.2, 0.25) is 0 Å². The van der Waals surface area contributed by atoms with Crippen LogP contribution in [0.25, 0.3) is 10.1 Å². The first-order valence-corrected chi connectivity index (χ1v) is 11.5. The van der Waals surface area contributed by atoms with Gasteiger partial charge in [0.1, 0.15) is 5.75 Å². The molecule has 2 aromatic carbocycles. The largest absolute Gasteiger partial charge is 0.497 e. The minimum absolute atomic E-state index is 0.100. The number of thiophene rings is 1. The molecule has 0 aliphatic carbocycles. The van der Waals surface area contributed by atoms with Crippen LogP contribution in [0.2, 0.25) is 0 Å². The number of hydrogen-bond acceptors (Lipinski definition) is 4. The number of benzene rings is 2. The molecule has 3 rings (SSSR count). The van der Waals surface area contributed by atoms with E-state index < -0.39 is 0 Å². The molecule has 2 atom stereocenters. The average molecular weight is 500 g/mol. The van der Waals surface area contributed by atoms with E-state index >= 15 is 0 Å². The molecule has 0 fully saturated rings. The number of ether oxygens (including phenoxy) is 1. The predicted octanol–water partition coefficient (Wildman–Crippen LogP) is 6.71. The maximum Gasteiger partial charge on any atom is 0.189 e. The second kappa shape index (κ2) is 8.25. The molecule has 2 nitrogen and oxygen atoms in total. The van der Waals surface area contributed by atoms with E-state index in [0.29, 0.717) is 0 Å². The highest BCUT2D eigenvalue weighted by Crippen LogP contribution is 2.41. The Morgan fingerprint density at radius 3 is 2.44 bits per heavy atom. The van der Waals surface area contributed by atoms with Crippen molar-refractivity contribution in [2.75, 3.05) is 13.4 Å². The minimum atomic E-state index is -0.347. The van der Waals surface area contributed by atoms with Crippen molar-refractivity contribution in [3.8, 4) is 5.75 Å². The molecule has 0 saturated carbocycles. The van der Waals surface area contributed by atoms with Gasteiger partial charge >= 0.3 is 0 Å². The number of halogens is 2. The summed E-state index contributed by atoms with van der Waals surface area (Å²) >= 11 is 10.5. The number of rotatable bonds is 6. The fourth-order valence-corrected chi connectivity index (χ4v) is 6.03. The molecule has 0 spiro atoms. The lowest BCUT2D eigenvalue weighted by molar-refractivity contribution is 0.0992. The van der Waals surface area contributed by atoms with E-state index in [9.17, 15) is 4.79 Å². The summed E-state index contributed by atoms with van der Waals surface area (Å²) in [6.45, 7) is 0. The summed E-state index contributed by atoms with van der Waals surface area (Å²) in [4.78, 5) is 14.5. The van der Waals surface area contributed by atoms with E-state index in [2.05, 4.69) is 44.0 Å². The van der Waals surface area contributed by atoms with Gasteiger partial charge in [0.15, 0.2) is 5.78 Å². The Labute approximate surface area is 172 Å². The van der Waals surface area contributed by atoms with Gasteiger partial charge in [-0.2, -0.15) is 0 Å². The van der Waals surface area contributed by atoms with Gasteiger partial charge in [-0.1, -0.05) is 62.2 Å². The van der Waals surface area contributed by atoms with Gasteiger partial charge < -0.3 is 4.74 Å². The first-order chi connectivity index (χ1) is 12.1. The molecule has 6 heteroatoms. The number of alkyl halides is 2. The number of methoxy groups -OCH3 is 1. The summed E-state index contributed by atoms with van der Waals surface area (Å²) in [5.74, 6) is 0.901. The lowest BCUT2D eigenvalue weighted by atomic mass is 10.1. The van der Waals surface area contributed by atoms with Gasteiger partial charge in [0, 0.05) is 15.0 Å². The number of carbonyl (C=O) groups excluding carboxylic acids is 1. The van der Waals surface area contributed by atoms with Gasteiger partial charge in [0.05, 0.1) is 21.6 Å². The zero-order valence-electron chi connectivity index (χ0n) is 13.7. The van der Waals surface area contributed by atoms with Crippen molar-refractivity contribution < 1.29 is 9.53 Å². The SMILES string of the molecule is COc1ccc(C(Br)C(Br)C(=O)c2sc3ccccc3c2SC)cc1. The maximum atomic E-state index is 13.1. The van der Waals surface area contributed by atoms with Crippen LogP contribution in [-0.4, -0.2) is 24.0 Å². The lowest BCUT2D eigenvalue weighted by Crippen LogP contribution is -2.18. The molecule has 0 saturated heterocycles. The van der Waals surface area contributed by atoms with Crippen molar-refractivity contribution in [1.29, 1.82) is 0 Å². The molecule has 0 amide bonds. The van der Waals surface area contributed by atoms with Crippen molar-refractivity contribution in [2.45, 2.75) is 14.5 Å². The number of ketones is 1. The van der Waals surface area contributed by atoms with Crippen LogP contribution in [0.15, 0.2) is 53.4 Å². The number of fused-ring (bicyclic) bond motifs is 1. The second-order valence-corrected chi connectivity index (χ2v) is 9.24. The first-order valence-electron chi connectivity index (χ1n) is 7.58. The molecular weight excluding hydrogens is 484 g/mol. The zero-order chi connectivity index (χ0) is 18.0. The Morgan fingerprint density at radius 2 is 1.80 bits per heavy atom. The molecule has 0 bridgehead atoms. The third-order valence-corrected chi connectivity index (χ3v) is 8.78. The summed E-state index contributed by atoms with van der Waals surface area (Å²) in [6, 6.07) is 15.9. The highest BCUT2D eigenvalue weighted by Gasteiger charge is 2.29.